The highest BCUT2D eigenvalue weighted by Crippen LogP contribution is 2.26. The molecule has 7 heteroatoms. The van der Waals surface area contributed by atoms with Gasteiger partial charge in [0.15, 0.2) is 0 Å². The number of hydrazone groups is 1. The van der Waals surface area contributed by atoms with Gasteiger partial charge in [0.1, 0.15) is 0 Å². The van der Waals surface area contributed by atoms with E-state index >= 15 is 0 Å². The summed E-state index contributed by atoms with van der Waals surface area (Å²) in [5.74, 6) is -1.61. The van der Waals surface area contributed by atoms with E-state index in [1.165, 1.54) is 6.21 Å². The molecule has 0 radical (unpaired) electrons. The minimum Gasteiger partial charge on any atom is -0.355 e. The number of anilines is 2. The van der Waals surface area contributed by atoms with Crippen LogP contribution in [0.3, 0.4) is 0 Å². The lowest BCUT2D eigenvalue weighted by Crippen LogP contribution is -2.37. The molecule has 0 atom stereocenters. The maximum Gasteiger partial charge on any atom is 0.329 e. The zero-order valence-corrected chi connectivity index (χ0v) is 18.0. The van der Waals surface area contributed by atoms with E-state index in [9.17, 15) is 9.59 Å². The van der Waals surface area contributed by atoms with E-state index in [0.29, 0.717) is 10.6 Å². The second-order valence-electron chi connectivity index (χ2n) is 7.04. The summed E-state index contributed by atoms with van der Waals surface area (Å²) in [5.41, 5.74) is 7.76. The molecule has 0 aliphatic heterocycles. The highest BCUT2D eigenvalue weighted by atomic mass is 35.5. The fourth-order valence-electron chi connectivity index (χ4n) is 2.84. The monoisotopic (exact) mass is 434 g/mol. The summed E-state index contributed by atoms with van der Waals surface area (Å²) < 4.78 is 0. The van der Waals surface area contributed by atoms with Crippen LogP contribution in [0.25, 0.3) is 0 Å². The topological polar surface area (TPSA) is 82.6 Å². The molecule has 0 saturated heterocycles. The molecule has 0 aliphatic carbocycles. The molecule has 3 aromatic carbocycles. The van der Waals surface area contributed by atoms with Gasteiger partial charge >= 0.3 is 11.8 Å². The Bertz CT molecular complexity index is 1110. The number of carbonyl (C=O) groups is 2. The van der Waals surface area contributed by atoms with Crippen molar-refractivity contribution in [3.05, 3.63) is 94.0 Å². The number of benzene rings is 3. The van der Waals surface area contributed by atoms with Crippen LogP contribution in [0.15, 0.2) is 71.8 Å². The summed E-state index contributed by atoms with van der Waals surface area (Å²) in [7, 11) is 0. The Morgan fingerprint density at radius 3 is 2.48 bits per heavy atom. The minimum absolute atomic E-state index is 0.259. The van der Waals surface area contributed by atoms with Crippen LogP contribution in [0.1, 0.15) is 22.3 Å². The molecular weight excluding hydrogens is 412 g/mol. The summed E-state index contributed by atoms with van der Waals surface area (Å²) >= 11 is 6.13. The standard InChI is InChI=1S/C24H23ClN4O2/c1-16-8-9-17(2)22(12-16)28-21-11-10-20(25)13-19(21)15-27-29-24(31)23(30)26-14-18-6-4-3-5-7-18/h3-13,15,28H,14H2,1-2H3,(H,26,30)(H,29,31)/b27-15-. The van der Waals surface area contributed by atoms with Crippen molar-refractivity contribution >= 4 is 41.0 Å². The summed E-state index contributed by atoms with van der Waals surface area (Å²) in [5, 5.41) is 10.4. The van der Waals surface area contributed by atoms with Gasteiger partial charge in [-0.3, -0.25) is 9.59 Å². The maximum atomic E-state index is 12.0. The number of aryl methyl sites for hydroxylation is 2. The molecule has 0 fully saturated rings. The Morgan fingerprint density at radius 1 is 0.935 bits per heavy atom. The zero-order chi connectivity index (χ0) is 22.2. The van der Waals surface area contributed by atoms with E-state index in [4.69, 9.17) is 11.6 Å². The lowest BCUT2D eigenvalue weighted by molar-refractivity contribution is -0.139. The number of nitrogens with zero attached hydrogens (tertiary/aromatic N) is 1. The first-order valence-corrected chi connectivity index (χ1v) is 10.1. The smallest absolute Gasteiger partial charge is 0.329 e. The van der Waals surface area contributed by atoms with Crippen LogP contribution in [0.5, 0.6) is 0 Å². The zero-order valence-electron chi connectivity index (χ0n) is 17.3. The Labute approximate surface area is 186 Å². The number of halogens is 1. The third-order valence-corrected chi connectivity index (χ3v) is 4.78. The van der Waals surface area contributed by atoms with Crippen LogP contribution in [-0.4, -0.2) is 18.0 Å². The first-order chi connectivity index (χ1) is 14.9. The number of hydrogen-bond acceptors (Lipinski definition) is 4. The van der Waals surface area contributed by atoms with Gasteiger partial charge in [-0.15, -0.1) is 0 Å². The van der Waals surface area contributed by atoms with E-state index in [2.05, 4.69) is 21.2 Å². The highest BCUT2D eigenvalue weighted by molar-refractivity contribution is 6.35. The average Bonchev–Trinajstić information content (AvgIpc) is 2.77. The number of hydrogen-bond donors (Lipinski definition) is 3. The third kappa shape index (κ3) is 6.42. The highest BCUT2D eigenvalue weighted by Gasteiger charge is 2.12. The normalized spacial score (nSPS) is 10.7. The minimum atomic E-state index is -0.849. The molecule has 0 aliphatic rings. The first kappa shape index (κ1) is 22.1. The van der Waals surface area contributed by atoms with Gasteiger partial charge < -0.3 is 10.6 Å². The van der Waals surface area contributed by atoms with Crippen LogP contribution in [0.4, 0.5) is 11.4 Å². The molecule has 0 aromatic heterocycles. The molecule has 0 unspecified atom stereocenters. The molecule has 0 spiro atoms. The molecular formula is C24H23ClN4O2. The molecule has 3 rings (SSSR count). The molecule has 2 amide bonds. The van der Waals surface area contributed by atoms with Crippen LogP contribution in [0.2, 0.25) is 5.02 Å². The van der Waals surface area contributed by atoms with Crippen molar-refractivity contribution in [2.24, 2.45) is 5.10 Å². The van der Waals surface area contributed by atoms with Gasteiger partial charge in [0.25, 0.3) is 0 Å². The van der Waals surface area contributed by atoms with E-state index in [0.717, 1.165) is 28.1 Å². The van der Waals surface area contributed by atoms with Gasteiger partial charge in [0.05, 0.1) is 6.21 Å². The SMILES string of the molecule is Cc1ccc(C)c(Nc2ccc(Cl)cc2/C=N\NC(=O)C(=O)NCc2ccccc2)c1. The van der Waals surface area contributed by atoms with Gasteiger partial charge in [-0.1, -0.05) is 54.1 Å². The van der Waals surface area contributed by atoms with E-state index in [-0.39, 0.29) is 6.54 Å². The predicted octanol–water partition coefficient (Wildman–Crippen LogP) is 4.47. The molecule has 0 heterocycles. The summed E-state index contributed by atoms with van der Waals surface area (Å²) in [4.78, 5) is 24.0. The fraction of sp³-hybridized carbons (Fsp3) is 0.125. The van der Waals surface area contributed by atoms with E-state index in [1.54, 1.807) is 12.1 Å². The Hall–Kier alpha value is -3.64. The van der Waals surface area contributed by atoms with Gasteiger partial charge in [-0.2, -0.15) is 5.10 Å². The molecule has 3 N–H and O–H groups in total. The molecule has 3 aromatic rings. The Morgan fingerprint density at radius 2 is 1.71 bits per heavy atom. The summed E-state index contributed by atoms with van der Waals surface area (Å²) in [6.45, 7) is 4.29. The molecule has 6 nitrogen and oxygen atoms in total. The van der Waals surface area contributed by atoms with Crippen LogP contribution < -0.4 is 16.1 Å². The molecule has 0 saturated carbocycles. The van der Waals surface area contributed by atoms with Gasteiger partial charge in [0.2, 0.25) is 0 Å². The van der Waals surface area contributed by atoms with Crippen molar-refractivity contribution in [3.8, 4) is 0 Å². The fourth-order valence-corrected chi connectivity index (χ4v) is 3.02. The largest absolute Gasteiger partial charge is 0.355 e. The predicted molar refractivity (Wildman–Crippen MR) is 125 cm³/mol. The van der Waals surface area contributed by atoms with Crippen molar-refractivity contribution in [1.82, 2.24) is 10.7 Å². The van der Waals surface area contributed by atoms with Gasteiger partial charge in [0, 0.05) is 28.5 Å². The Kier molecular flexibility index (Phi) is 7.40. The van der Waals surface area contributed by atoms with E-state index in [1.807, 2.05) is 68.4 Å². The number of rotatable bonds is 6. The van der Waals surface area contributed by atoms with Crippen molar-refractivity contribution in [3.63, 3.8) is 0 Å². The molecule has 0 bridgehead atoms. The van der Waals surface area contributed by atoms with Gasteiger partial charge in [-0.25, -0.2) is 5.43 Å². The summed E-state index contributed by atoms with van der Waals surface area (Å²) in [6.07, 6.45) is 1.45. The van der Waals surface area contributed by atoms with E-state index < -0.39 is 11.8 Å². The number of amides is 2. The van der Waals surface area contributed by atoms with Crippen molar-refractivity contribution in [2.45, 2.75) is 20.4 Å². The quantitative estimate of drug-likeness (QED) is 0.304. The van der Waals surface area contributed by atoms with Crippen LogP contribution >= 0.6 is 11.6 Å². The average molecular weight is 435 g/mol. The van der Waals surface area contributed by atoms with Crippen molar-refractivity contribution in [2.75, 3.05) is 5.32 Å². The lowest BCUT2D eigenvalue weighted by Gasteiger charge is -2.13. The van der Waals surface area contributed by atoms with Crippen LogP contribution in [0, 0.1) is 13.8 Å². The second kappa shape index (κ2) is 10.4. The molecule has 31 heavy (non-hydrogen) atoms. The lowest BCUT2D eigenvalue weighted by atomic mass is 10.1. The van der Waals surface area contributed by atoms with Crippen molar-refractivity contribution in [1.29, 1.82) is 0 Å². The Balaban J connectivity index is 1.64. The van der Waals surface area contributed by atoms with Crippen molar-refractivity contribution < 1.29 is 9.59 Å². The third-order valence-electron chi connectivity index (χ3n) is 4.55. The van der Waals surface area contributed by atoms with Gasteiger partial charge in [-0.05, 0) is 54.8 Å². The van der Waals surface area contributed by atoms with Crippen LogP contribution in [-0.2, 0) is 16.1 Å². The molecule has 158 valence electrons. The summed E-state index contributed by atoms with van der Waals surface area (Å²) in [6, 6.07) is 20.8. The maximum absolute atomic E-state index is 12.0. The second-order valence-corrected chi connectivity index (χ2v) is 7.48. The first-order valence-electron chi connectivity index (χ1n) is 9.71. The number of nitrogens with one attached hydrogen (secondary N) is 3. The number of carbonyl (C=O) groups excluding carboxylic acids is 2.